The monoisotopic (exact) mass is 340 g/mol. The largest absolute Gasteiger partial charge is 0.481 e. The summed E-state index contributed by atoms with van der Waals surface area (Å²) in [6.07, 6.45) is 0.468. The number of halogens is 1. The lowest BCUT2D eigenvalue weighted by atomic mass is 9.97. The number of carboxylic acids is 1. The van der Waals surface area contributed by atoms with Crippen LogP contribution < -0.4 is 10.6 Å². The minimum atomic E-state index is -0.947. The summed E-state index contributed by atoms with van der Waals surface area (Å²) in [6.45, 7) is 5.22. The lowest BCUT2D eigenvalue weighted by molar-refractivity contribution is -0.142. The standard InChI is InChI=1S/C16H21ClN2O4/c1-9(2)6-11(16(22)23)8-18-15(21)13-7-12(19-10(3)20)4-5-14(13)17/h4-5,7,9,11H,6,8H2,1-3H3,(H,18,21)(H,19,20)(H,22,23). The fraction of sp³-hybridized carbons (Fsp3) is 0.438. The van der Waals surface area contributed by atoms with Gasteiger partial charge >= 0.3 is 5.97 Å². The highest BCUT2D eigenvalue weighted by Gasteiger charge is 2.21. The van der Waals surface area contributed by atoms with Crippen LogP contribution in [0.3, 0.4) is 0 Å². The highest BCUT2D eigenvalue weighted by molar-refractivity contribution is 6.34. The molecule has 0 spiro atoms. The predicted molar refractivity (Wildman–Crippen MR) is 88.7 cm³/mol. The first-order chi connectivity index (χ1) is 10.7. The molecule has 0 saturated carbocycles. The van der Waals surface area contributed by atoms with Crippen LogP contribution in [-0.4, -0.2) is 29.4 Å². The number of hydrogen-bond donors (Lipinski definition) is 3. The fourth-order valence-corrected chi connectivity index (χ4v) is 2.34. The molecular weight excluding hydrogens is 320 g/mol. The molecule has 1 rings (SSSR count). The van der Waals surface area contributed by atoms with Crippen LogP contribution in [0.2, 0.25) is 5.02 Å². The molecule has 0 heterocycles. The Morgan fingerprint density at radius 1 is 1.26 bits per heavy atom. The molecule has 0 radical (unpaired) electrons. The van der Waals surface area contributed by atoms with E-state index in [9.17, 15) is 19.5 Å². The number of nitrogens with one attached hydrogen (secondary N) is 2. The van der Waals surface area contributed by atoms with E-state index < -0.39 is 17.8 Å². The van der Waals surface area contributed by atoms with E-state index in [4.69, 9.17) is 11.6 Å². The van der Waals surface area contributed by atoms with Gasteiger partial charge in [0, 0.05) is 19.2 Å². The van der Waals surface area contributed by atoms with Gasteiger partial charge in [0.1, 0.15) is 0 Å². The van der Waals surface area contributed by atoms with Gasteiger partial charge in [0.15, 0.2) is 0 Å². The van der Waals surface area contributed by atoms with Gasteiger partial charge in [-0.25, -0.2) is 0 Å². The summed E-state index contributed by atoms with van der Waals surface area (Å²) in [5.74, 6) is -2.13. The second-order valence-corrected chi connectivity index (χ2v) is 6.16. The summed E-state index contributed by atoms with van der Waals surface area (Å²) in [6, 6.07) is 4.54. The molecule has 0 aliphatic rings. The predicted octanol–water partition coefficient (Wildman–Crippen LogP) is 2.78. The lowest BCUT2D eigenvalue weighted by Crippen LogP contribution is -2.33. The van der Waals surface area contributed by atoms with E-state index in [1.165, 1.54) is 19.1 Å². The van der Waals surface area contributed by atoms with Crippen LogP contribution in [0.15, 0.2) is 18.2 Å². The quantitative estimate of drug-likeness (QED) is 0.711. The van der Waals surface area contributed by atoms with Crippen LogP contribution in [0.5, 0.6) is 0 Å². The van der Waals surface area contributed by atoms with Crippen molar-refractivity contribution in [3.8, 4) is 0 Å². The van der Waals surface area contributed by atoms with E-state index in [0.29, 0.717) is 12.1 Å². The number of hydrogen-bond acceptors (Lipinski definition) is 3. The van der Waals surface area contributed by atoms with Crippen LogP contribution in [0.1, 0.15) is 37.6 Å². The van der Waals surface area contributed by atoms with Crippen molar-refractivity contribution < 1.29 is 19.5 Å². The van der Waals surface area contributed by atoms with E-state index in [-0.39, 0.29) is 29.0 Å². The highest BCUT2D eigenvalue weighted by Crippen LogP contribution is 2.21. The molecule has 7 heteroatoms. The molecule has 0 bridgehead atoms. The van der Waals surface area contributed by atoms with E-state index in [2.05, 4.69) is 10.6 Å². The molecule has 1 unspecified atom stereocenters. The van der Waals surface area contributed by atoms with Gasteiger partial charge in [-0.3, -0.25) is 14.4 Å². The zero-order valence-electron chi connectivity index (χ0n) is 13.4. The zero-order chi connectivity index (χ0) is 17.6. The van der Waals surface area contributed by atoms with Crippen LogP contribution in [0.4, 0.5) is 5.69 Å². The summed E-state index contributed by atoms with van der Waals surface area (Å²) >= 11 is 6.00. The zero-order valence-corrected chi connectivity index (χ0v) is 14.1. The van der Waals surface area contributed by atoms with Crippen molar-refractivity contribution in [2.75, 3.05) is 11.9 Å². The van der Waals surface area contributed by atoms with Crippen molar-refractivity contribution in [1.29, 1.82) is 0 Å². The average molecular weight is 341 g/mol. The maximum absolute atomic E-state index is 12.2. The van der Waals surface area contributed by atoms with Crippen LogP contribution in [0, 0.1) is 11.8 Å². The Balaban J connectivity index is 2.80. The second kappa shape index (κ2) is 8.53. The van der Waals surface area contributed by atoms with Gasteiger partial charge in [-0.05, 0) is 30.5 Å². The Labute approximate surface area is 140 Å². The fourth-order valence-electron chi connectivity index (χ4n) is 2.13. The average Bonchev–Trinajstić information content (AvgIpc) is 2.44. The van der Waals surface area contributed by atoms with Crippen molar-refractivity contribution in [2.24, 2.45) is 11.8 Å². The summed E-state index contributed by atoms with van der Waals surface area (Å²) in [4.78, 5) is 34.5. The molecule has 0 saturated heterocycles. The van der Waals surface area contributed by atoms with E-state index in [1.54, 1.807) is 6.07 Å². The van der Waals surface area contributed by atoms with Gasteiger partial charge in [0.25, 0.3) is 5.91 Å². The highest BCUT2D eigenvalue weighted by atomic mass is 35.5. The van der Waals surface area contributed by atoms with Crippen molar-refractivity contribution in [3.05, 3.63) is 28.8 Å². The molecule has 0 aliphatic carbocycles. The van der Waals surface area contributed by atoms with Crippen LogP contribution >= 0.6 is 11.6 Å². The molecule has 1 atom stereocenters. The van der Waals surface area contributed by atoms with E-state index in [0.717, 1.165) is 0 Å². The molecule has 0 aromatic heterocycles. The third-order valence-corrected chi connectivity index (χ3v) is 3.48. The third kappa shape index (κ3) is 6.28. The maximum Gasteiger partial charge on any atom is 0.308 e. The number of aliphatic carboxylic acids is 1. The third-order valence-electron chi connectivity index (χ3n) is 3.15. The Morgan fingerprint density at radius 3 is 2.43 bits per heavy atom. The van der Waals surface area contributed by atoms with Gasteiger partial charge < -0.3 is 15.7 Å². The van der Waals surface area contributed by atoms with Gasteiger partial charge in [-0.15, -0.1) is 0 Å². The molecule has 0 aliphatic heterocycles. The summed E-state index contributed by atoms with van der Waals surface area (Å²) in [5.41, 5.74) is 0.635. The topological polar surface area (TPSA) is 95.5 Å². The molecule has 3 N–H and O–H groups in total. The van der Waals surface area contributed by atoms with Gasteiger partial charge in [0.2, 0.25) is 5.91 Å². The first kappa shape index (κ1) is 19.0. The minimum absolute atomic E-state index is 0.0209. The maximum atomic E-state index is 12.2. The molecule has 0 fully saturated rings. The number of carboxylic acid groups (broad SMARTS) is 1. The Morgan fingerprint density at radius 2 is 1.91 bits per heavy atom. The minimum Gasteiger partial charge on any atom is -0.481 e. The Bertz CT molecular complexity index is 602. The van der Waals surface area contributed by atoms with Crippen molar-refractivity contribution in [3.63, 3.8) is 0 Å². The summed E-state index contributed by atoms with van der Waals surface area (Å²) in [5, 5.41) is 14.6. The molecule has 1 aromatic rings. The van der Waals surface area contributed by atoms with Crippen molar-refractivity contribution >= 4 is 35.1 Å². The second-order valence-electron chi connectivity index (χ2n) is 5.75. The van der Waals surface area contributed by atoms with Gasteiger partial charge in [0.05, 0.1) is 16.5 Å². The molecule has 23 heavy (non-hydrogen) atoms. The SMILES string of the molecule is CC(=O)Nc1ccc(Cl)c(C(=O)NCC(CC(C)C)C(=O)O)c1. The van der Waals surface area contributed by atoms with Gasteiger partial charge in [-0.1, -0.05) is 25.4 Å². The first-order valence-electron chi connectivity index (χ1n) is 7.28. The number of amides is 2. The number of carbonyl (C=O) groups excluding carboxylic acids is 2. The normalized spacial score (nSPS) is 11.9. The molecule has 126 valence electrons. The summed E-state index contributed by atoms with van der Waals surface area (Å²) in [7, 11) is 0. The van der Waals surface area contributed by atoms with Crippen LogP contribution in [0.25, 0.3) is 0 Å². The lowest BCUT2D eigenvalue weighted by Gasteiger charge is -2.16. The first-order valence-corrected chi connectivity index (χ1v) is 7.66. The summed E-state index contributed by atoms with van der Waals surface area (Å²) < 4.78 is 0. The van der Waals surface area contributed by atoms with Gasteiger partial charge in [-0.2, -0.15) is 0 Å². The number of anilines is 1. The van der Waals surface area contributed by atoms with Crippen LogP contribution in [-0.2, 0) is 9.59 Å². The molecule has 6 nitrogen and oxygen atoms in total. The Kier molecular flexibility index (Phi) is 7.03. The molecular formula is C16H21ClN2O4. The van der Waals surface area contributed by atoms with E-state index >= 15 is 0 Å². The number of rotatable bonds is 7. The van der Waals surface area contributed by atoms with E-state index in [1.807, 2.05) is 13.8 Å². The number of benzene rings is 1. The van der Waals surface area contributed by atoms with Crippen molar-refractivity contribution in [1.82, 2.24) is 5.32 Å². The molecule has 1 aromatic carbocycles. The smallest absolute Gasteiger partial charge is 0.308 e. The molecule has 2 amide bonds. The van der Waals surface area contributed by atoms with Crippen molar-refractivity contribution in [2.45, 2.75) is 27.2 Å². The number of carbonyl (C=O) groups is 3. The Hall–Kier alpha value is -2.08.